The van der Waals surface area contributed by atoms with E-state index in [-0.39, 0.29) is 23.5 Å². The number of benzene rings is 1. The molecule has 0 saturated carbocycles. The molecule has 1 aromatic carbocycles. The van der Waals surface area contributed by atoms with Crippen molar-refractivity contribution >= 4 is 12.2 Å². The average molecular weight is 391 g/mol. The van der Waals surface area contributed by atoms with E-state index in [4.69, 9.17) is 0 Å². The molecule has 3 rings (SSSR count). The fourth-order valence-corrected chi connectivity index (χ4v) is 2.30. The third-order valence-corrected chi connectivity index (χ3v) is 3.78. The molecule has 0 bridgehead atoms. The Bertz CT molecular complexity index is 741. The molecular weight excluding hydrogens is 361 g/mol. The number of amides is 1. The lowest BCUT2D eigenvalue weighted by Gasteiger charge is -2.33. The predicted molar refractivity (Wildman–Crippen MR) is 107 cm³/mol. The van der Waals surface area contributed by atoms with Crippen LogP contribution in [-0.2, 0) is 4.79 Å². The van der Waals surface area contributed by atoms with E-state index in [1.807, 2.05) is 20.9 Å². The molecule has 28 heavy (non-hydrogen) atoms. The average Bonchev–Trinajstić information content (AvgIpc) is 3.09. The van der Waals surface area contributed by atoms with Gasteiger partial charge in [-0.3, -0.25) is 14.5 Å². The van der Waals surface area contributed by atoms with Crippen LogP contribution in [0, 0.1) is 11.7 Å². The largest absolute Gasteiger partial charge is 0.353 e. The molecule has 1 N–H and O–H groups in total. The minimum absolute atomic E-state index is 0.0381. The van der Waals surface area contributed by atoms with Crippen molar-refractivity contribution in [2.75, 3.05) is 13.6 Å². The van der Waals surface area contributed by atoms with Gasteiger partial charge >= 0.3 is 0 Å². The lowest BCUT2D eigenvalue weighted by atomic mass is 10.1. The van der Waals surface area contributed by atoms with Crippen molar-refractivity contribution in [2.45, 2.75) is 46.7 Å². The summed E-state index contributed by atoms with van der Waals surface area (Å²) >= 11 is 0. The number of rotatable bonds is 2. The second-order valence-corrected chi connectivity index (χ2v) is 7.50. The standard InChI is InChI=1S/C10H6FNO2.C7H14N2O.C4H10/c11-8-3-1-7(2-4-8)10-5-9(6-13)14-12-10;1-5-4-9(3)6(2)7(10)8-5;1-4(2)3/h1-6H;5-6H,4H2,1-3H3,(H,8,10);4H,1-3H3. The summed E-state index contributed by atoms with van der Waals surface area (Å²) in [6, 6.07) is 7.63. The number of aldehydes is 1. The first-order chi connectivity index (χ1) is 13.1. The van der Waals surface area contributed by atoms with Crippen molar-refractivity contribution in [3.8, 4) is 11.3 Å². The molecule has 1 aliphatic heterocycles. The maximum Gasteiger partial charge on any atom is 0.237 e. The maximum atomic E-state index is 12.6. The number of nitrogens with zero attached hydrogens (tertiary/aromatic N) is 2. The third-order valence-electron chi connectivity index (χ3n) is 3.78. The Morgan fingerprint density at radius 3 is 2.29 bits per heavy atom. The topological polar surface area (TPSA) is 75.4 Å². The van der Waals surface area contributed by atoms with E-state index in [9.17, 15) is 14.0 Å². The number of aromatic nitrogens is 1. The summed E-state index contributed by atoms with van der Waals surface area (Å²) in [5, 5.41) is 6.54. The molecule has 0 radical (unpaired) electrons. The lowest BCUT2D eigenvalue weighted by Crippen LogP contribution is -2.56. The second-order valence-electron chi connectivity index (χ2n) is 7.50. The number of hydrogen-bond acceptors (Lipinski definition) is 5. The molecule has 154 valence electrons. The fraction of sp³-hybridized carbons (Fsp3) is 0.476. The third kappa shape index (κ3) is 8.00. The molecule has 2 heterocycles. The SMILES string of the molecule is CC(C)C.CC1CN(C)C(C)C(=O)N1.O=Cc1cc(-c2ccc(F)cc2)no1. The first-order valence-corrected chi connectivity index (χ1v) is 9.32. The Morgan fingerprint density at radius 2 is 1.82 bits per heavy atom. The van der Waals surface area contributed by atoms with E-state index in [1.165, 1.54) is 18.2 Å². The minimum atomic E-state index is -0.312. The van der Waals surface area contributed by atoms with Crippen LogP contribution in [-0.4, -0.2) is 47.9 Å². The zero-order valence-corrected chi connectivity index (χ0v) is 17.4. The molecule has 0 spiro atoms. The van der Waals surface area contributed by atoms with E-state index in [0.717, 1.165) is 12.5 Å². The van der Waals surface area contributed by atoms with E-state index in [0.29, 0.717) is 23.6 Å². The Labute approximate surface area is 166 Å². The first kappa shape index (κ1) is 23.5. The first-order valence-electron chi connectivity index (χ1n) is 9.32. The van der Waals surface area contributed by atoms with Crippen molar-refractivity contribution in [1.82, 2.24) is 15.4 Å². The van der Waals surface area contributed by atoms with Crippen LogP contribution in [0.5, 0.6) is 0 Å². The highest BCUT2D eigenvalue weighted by Gasteiger charge is 2.25. The van der Waals surface area contributed by atoms with Gasteiger partial charge in [0.2, 0.25) is 5.91 Å². The molecule has 1 saturated heterocycles. The second kappa shape index (κ2) is 11.3. The number of carbonyl (C=O) groups excluding carboxylic acids is 2. The van der Waals surface area contributed by atoms with Crippen LogP contribution in [0.2, 0.25) is 0 Å². The van der Waals surface area contributed by atoms with E-state index >= 15 is 0 Å². The van der Waals surface area contributed by atoms with Crippen molar-refractivity contribution in [3.63, 3.8) is 0 Å². The molecule has 7 heteroatoms. The molecule has 0 aliphatic carbocycles. The number of nitrogens with one attached hydrogen (secondary N) is 1. The molecule has 1 fully saturated rings. The quantitative estimate of drug-likeness (QED) is 0.789. The highest BCUT2D eigenvalue weighted by Crippen LogP contribution is 2.18. The molecular formula is C21H30FN3O3. The van der Waals surface area contributed by atoms with Crippen LogP contribution in [0.1, 0.15) is 45.2 Å². The number of halogens is 1. The van der Waals surface area contributed by atoms with Gasteiger partial charge in [0.15, 0.2) is 12.0 Å². The van der Waals surface area contributed by atoms with Crippen molar-refractivity contribution in [1.29, 1.82) is 0 Å². The summed E-state index contributed by atoms with van der Waals surface area (Å²) in [6.45, 7) is 11.4. The van der Waals surface area contributed by atoms with Crippen molar-refractivity contribution in [3.05, 3.63) is 41.9 Å². The Morgan fingerprint density at radius 1 is 1.25 bits per heavy atom. The molecule has 1 aliphatic rings. The molecule has 6 nitrogen and oxygen atoms in total. The monoisotopic (exact) mass is 391 g/mol. The zero-order chi connectivity index (χ0) is 21.3. The number of piperazine rings is 1. The van der Waals surface area contributed by atoms with Gasteiger partial charge < -0.3 is 9.84 Å². The number of hydrogen-bond donors (Lipinski definition) is 1. The van der Waals surface area contributed by atoms with Gasteiger partial charge in [-0.1, -0.05) is 25.9 Å². The summed E-state index contributed by atoms with van der Waals surface area (Å²) in [6.07, 6.45) is 0.569. The van der Waals surface area contributed by atoms with Crippen LogP contribution < -0.4 is 5.32 Å². The molecule has 1 aromatic heterocycles. The fourth-order valence-electron chi connectivity index (χ4n) is 2.30. The highest BCUT2D eigenvalue weighted by atomic mass is 19.1. The molecule has 2 unspecified atom stereocenters. The van der Waals surface area contributed by atoms with E-state index < -0.39 is 0 Å². The van der Waals surface area contributed by atoms with Gasteiger partial charge in [0.1, 0.15) is 11.5 Å². The van der Waals surface area contributed by atoms with E-state index in [1.54, 1.807) is 12.1 Å². The van der Waals surface area contributed by atoms with Crippen LogP contribution in [0.15, 0.2) is 34.9 Å². The van der Waals surface area contributed by atoms with E-state index in [2.05, 4.69) is 40.7 Å². The highest BCUT2D eigenvalue weighted by molar-refractivity contribution is 5.82. The zero-order valence-electron chi connectivity index (χ0n) is 17.4. The van der Waals surface area contributed by atoms with Crippen molar-refractivity contribution in [2.24, 2.45) is 5.92 Å². The Hall–Kier alpha value is -2.54. The van der Waals surface area contributed by atoms with Gasteiger partial charge in [-0.2, -0.15) is 0 Å². The molecule has 1 amide bonds. The smallest absolute Gasteiger partial charge is 0.237 e. The normalized spacial score (nSPS) is 19.1. The summed E-state index contributed by atoms with van der Waals surface area (Å²) < 4.78 is 17.3. The molecule has 2 atom stereocenters. The summed E-state index contributed by atoms with van der Waals surface area (Å²) in [7, 11) is 1.97. The number of likely N-dealkylation sites (N-methyl/N-ethyl adjacent to an activating group) is 1. The minimum Gasteiger partial charge on any atom is -0.353 e. The van der Waals surface area contributed by atoms with Gasteiger partial charge in [0.25, 0.3) is 0 Å². The predicted octanol–water partition coefficient (Wildman–Crippen LogP) is 3.78. The Kier molecular flexibility index (Phi) is 9.51. The number of carbonyl (C=O) groups is 2. The van der Waals surface area contributed by atoms with Gasteiger partial charge in [-0.05, 0) is 51.1 Å². The van der Waals surface area contributed by atoms with Crippen molar-refractivity contribution < 1.29 is 18.5 Å². The van der Waals surface area contributed by atoms with Gasteiger partial charge in [-0.15, -0.1) is 0 Å². The summed E-state index contributed by atoms with van der Waals surface area (Å²) in [5.74, 6) is 0.818. The summed E-state index contributed by atoms with van der Waals surface area (Å²) in [4.78, 5) is 23.4. The van der Waals surface area contributed by atoms with Crippen LogP contribution in [0.3, 0.4) is 0 Å². The van der Waals surface area contributed by atoms with Gasteiger partial charge in [0, 0.05) is 24.2 Å². The van der Waals surface area contributed by atoms with Crippen LogP contribution in [0.4, 0.5) is 4.39 Å². The maximum absolute atomic E-state index is 12.6. The summed E-state index contributed by atoms with van der Waals surface area (Å²) in [5.41, 5.74) is 1.23. The molecule has 2 aromatic rings. The van der Waals surface area contributed by atoms with Crippen LogP contribution in [0.25, 0.3) is 11.3 Å². The van der Waals surface area contributed by atoms with Crippen LogP contribution >= 0.6 is 0 Å². The lowest BCUT2D eigenvalue weighted by molar-refractivity contribution is -0.128. The van der Waals surface area contributed by atoms with Gasteiger partial charge in [-0.25, -0.2) is 4.39 Å². The van der Waals surface area contributed by atoms with Gasteiger partial charge in [0.05, 0.1) is 6.04 Å². The Balaban J connectivity index is 0.000000245.